The van der Waals surface area contributed by atoms with Crippen LogP contribution in [0.25, 0.3) is 0 Å². The Labute approximate surface area is 123 Å². The van der Waals surface area contributed by atoms with Crippen molar-refractivity contribution in [2.24, 2.45) is 0 Å². The second kappa shape index (κ2) is 7.86. The molecular formula is C13H22N4O2S. The number of amides is 1. The summed E-state index contributed by atoms with van der Waals surface area (Å²) < 4.78 is 5.02. The molecule has 6 nitrogen and oxygen atoms in total. The van der Waals surface area contributed by atoms with Gasteiger partial charge >= 0.3 is 0 Å². The quantitative estimate of drug-likeness (QED) is 0.736. The van der Waals surface area contributed by atoms with Crippen LogP contribution in [0.1, 0.15) is 16.6 Å². The molecule has 0 fully saturated rings. The third-order valence-corrected chi connectivity index (χ3v) is 4.01. The largest absolute Gasteiger partial charge is 0.383 e. The van der Waals surface area contributed by atoms with E-state index in [0.29, 0.717) is 24.6 Å². The van der Waals surface area contributed by atoms with Gasteiger partial charge in [0.05, 0.1) is 6.61 Å². The maximum Gasteiger partial charge on any atom is 0.268 e. The van der Waals surface area contributed by atoms with Crippen LogP contribution in [-0.2, 0) is 4.74 Å². The lowest BCUT2D eigenvalue weighted by Crippen LogP contribution is -2.34. The number of nitrogens with two attached hydrogens (primary N) is 1. The van der Waals surface area contributed by atoms with Crippen LogP contribution in [0.5, 0.6) is 0 Å². The number of carbonyl (C=O) groups is 1. The number of rotatable bonds is 8. The normalized spacial score (nSPS) is 10.3. The monoisotopic (exact) mass is 298 g/mol. The van der Waals surface area contributed by atoms with Crippen molar-refractivity contribution < 1.29 is 9.53 Å². The zero-order valence-corrected chi connectivity index (χ0v) is 13.1. The van der Waals surface area contributed by atoms with E-state index in [2.05, 4.69) is 11.6 Å². The molecule has 0 aliphatic rings. The Balaban J connectivity index is 2.93. The number of hydrogen-bond donors (Lipinski definition) is 1. The van der Waals surface area contributed by atoms with Crippen LogP contribution < -0.4 is 10.6 Å². The van der Waals surface area contributed by atoms with Crippen LogP contribution in [0.2, 0.25) is 0 Å². The molecule has 7 heteroatoms. The highest BCUT2D eigenvalue weighted by atomic mass is 32.1. The molecular weight excluding hydrogens is 276 g/mol. The predicted octanol–water partition coefficient (Wildman–Crippen LogP) is 1.46. The summed E-state index contributed by atoms with van der Waals surface area (Å²) in [5.41, 5.74) is 5.87. The van der Waals surface area contributed by atoms with Gasteiger partial charge in [-0.1, -0.05) is 17.4 Å². The average molecular weight is 298 g/mol. The van der Waals surface area contributed by atoms with Crippen molar-refractivity contribution in [3.05, 3.63) is 17.5 Å². The molecule has 0 atom stereocenters. The highest BCUT2D eigenvalue weighted by Crippen LogP contribution is 2.28. The van der Waals surface area contributed by atoms with Crippen LogP contribution in [0.3, 0.4) is 0 Å². The number of carbonyl (C=O) groups excluding carboxylic acids is 1. The van der Waals surface area contributed by atoms with E-state index < -0.39 is 0 Å². The molecule has 20 heavy (non-hydrogen) atoms. The lowest BCUT2D eigenvalue weighted by molar-refractivity contribution is 0.0723. The average Bonchev–Trinajstić information content (AvgIpc) is 2.83. The first-order valence-corrected chi connectivity index (χ1v) is 7.23. The summed E-state index contributed by atoms with van der Waals surface area (Å²) >= 11 is 1.31. The molecule has 0 aromatic carbocycles. The number of ether oxygens (including phenoxy) is 1. The summed E-state index contributed by atoms with van der Waals surface area (Å²) in [5.74, 6) is 0.148. The van der Waals surface area contributed by atoms with Gasteiger partial charge in [-0.2, -0.15) is 0 Å². The van der Waals surface area contributed by atoms with Gasteiger partial charge in [0.25, 0.3) is 5.91 Å². The smallest absolute Gasteiger partial charge is 0.268 e. The molecule has 0 bridgehead atoms. The lowest BCUT2D eigenvalue weighted by Gasteiger charge is -2.19. The lowest BCUT2D eigenvalue weighted by atomic mass is 10.3. The summed E-state index contributed by atoms with van der Waals surface area (Å²) in [6, 6.07) is 0. The van der Waals surface area contributed by atoms with Gasteiger partial charge in [0.1, 0.15) is 10.7 Å². The van der Waals surface area contributed by atoms with Crippen molar-refractivity contribution in [1.82, 2.24) is 9.88 Å². The maximum atomic E-state index is 12.5. The van der Waals surface area contributed by atoms with Gasteiger partial charge in [-0.25, -0.2) is 4.98 Å². The van der Waals surface area contributed by atoms with E-state index >= 15 is 0 Å². The highest BCUT2D eigenvalue weighted by molar-refractivity contribution is 7.18. The van der Waals surface area contributed by atoms with Crippen molar-refractivity contribution in [3.63, 3.8) is 0 Å². The number of aromatic nitrogens is 1. The zero-order chi connectivity index (χ0) is 15.1. The predicted molar refractivity (Wildman–Crippen MR) is 83.4 cm³/mol. The Morgan fingerprint density at radius 1 is 1.60 bits per heavy atom. The van der Waals surface area contributed by atoms with E-state index in [1.807, 2.05) is 18.9 Å². The topological polar surface area (TPSA) is 71.7 Å². The fourth-order valence-corrected chi connectivity index (χ4v) is 2.53. The molecule has 0 radical (unpaired) electrons. The number of anilines is 2. The second-order valence-corrected chi connectivity index (χ2v) is 5.24. The molecule has 112 valence electrons. The van der Waals surface area contributed by atoms with Gasteiger partial charge < -0.3 is 20.3 Å². The van der Waals surface area contributed by atoms with Crippen LogP contribution in [0.4, 0.5) is 10.9 Å². The number of thiazole rings is 1. The summed E-state index contributed by atoms with van der Waals surface area (Å²) in [4.78, 5) is 20.8. The van der Waals surface area contributed by atoms with Crippen molar-refractivity contribution in [2.75, 3.05) is 51.0 Å². The van der Waals surface area contributed by atoms with Crippen molar-refractivity contribution in [2.45, 2.75) is 6.92 Å². The molecule has 1 aromatic rings. The van der Waals surface area contributed by atoms with Gasteiger partial charge in [0.15, 0.2) is 5.13 Å². The third kappa shape index (κ3) is 3.94. The molecule has 0 aliphatic heterocycles. The minimum Gasteiger partial charge on any atom is -0.383 e. The first kappa shape index (κ1) is 16.5. The van der Waals surface area contributed by atoms with E-state index in [-0.39, 0.29) is 11.7 Å². The zero-order valence-electron chi connectivity index (χ0n) is 12.3. The van der Waals surface area contributed by atoms with E-state index in [1.165, 1.54) is 11.3 Å². The third-order valence-electron chi connectivity index (χ3n) is 2.84. The Kier molecular flexibility index (Phi) is 6.47. The number of nitrogens with zero attached hydrogens (tertiary/aromatic N) is 3. The van der Waals surface area contributed by atoms with Gasteiger partial charge in [-0.15, -0.1) is 6.58 Å². The van der Waals surface area contributed by atoms with E-state index in [0.717, 1.165) is 11.7 Å². The molecule has 0 spiro atoms. The first-order valence-electron chi connectivity index (χ1n) is 6.41. The fourth-order valence-electron chi connectivity index (χ4n) is 1.55. The Bertz CT molecular complexity index is 461. The van der Waals surface area contributed by atoms with E-state index in [9.17, 15) is 4.79 Å². The minimum absolute atomic E-state index is 0.132. The van der Waals surface area contributed by atoms with Gasteiger partial charge in [0.2, 0.25) is 0 Å². The first-order chi connectivity index (χ1) is 9.54. The van der Waals surface area contributed by atoms with Gasteiger partial charge in [-0.3, -0.25) is 4.79 Å². The standard InChI is InChI=1S/C13H22N4O2S/c1-5-7-17(8-9-19-4)12(18)10-11(14)15-13(20-10)16(3)6-2/h5H,1,6-9,14H2,2-4H3. The molecule has 0 aliphatic carbocycles. The molecule has 0 saturated carbocycles. The molecule has 1 amide bonds. The van der Waals surface area contributed by atoms with Crippen LogP contribution in [0, 0.1) is 0 Å². The maximum absolute atomic E-state index is 12.5. The fraction of sp³-hybridized carbons (Fsp3) is 0.538. The second-order valence-electron chi connectivity index (χ2n) is 4.26. The van der Waals surface area contributed by atoms with Gasteiger partial charge in [0, 0.05) is 33.8 Å². The van der Waals surface area contributed by atoms with E-state index in [1.54, 1.807) is 18.1 Å². The molecule has 1 heterocycles. The summed E-state index contributed by atoms with van der Waals surface area (Å²) in [6.07, 6.45) is 1.68. The number of hydrogen-bond acceptors (Lipinski definition) is 6. The van der Waals surface area contributed by atoms with Gasteiger partial charge in [-0.05, 0) is 6.92 Å². The highest BCUT2D eigenvalue weighted by Gasteiger charge is 2.22. The number of methoxy groups -OCH3 is 1. The Morgan fingerprint density at radius 3 is 2.85 bits per heavy atom. The number of nitrogen functional groups attached to an aromatic ring is 1. The van der Waals surface area contributed by atoms with Crippen LogP contribution in [-0.4, -0.2) is 56.2 Å². The summed E-state index contributed by atoms with van der Waals surface area (Å²) in [5, 5.41) is 0.749. The molecule has 0 unspecified atom stereocenters. The summed E-state index contributed by atoms with van der Waals surface area (Å²) in [6.45, 7) is 7.92. The van der Waals surface area contributed by atoms with Crippen molar-refractivity contribution in [1.29, 1.82) is 0 Å². The van der Waals surface area contributed by atoms with Crippen LogP contribution >= 0.6 is 11.3 Å². The van der Waals surface area contributed by atoms with Crippen molar-refractivity contribution in [3.8, 4) is 0 Å². The van der Waals surface area contributed by atoms with Crippen LogP contribution in [0.15, 0.2) is 12.7 Å². The Morgan fingerprint density at radius 2 is 2.30 bits per heavy atom. The molecule has 1 aromatic heterocycles. The molecule has 2 N–H and O–H groups in total. The SMILES string of the molecule is C=CCN(CCOC)C(=O)c1sc(N(C)CC)nc1N. The molecule has 1 rings (SSSR count). The minimum atomic E-state index is -0.132. The molecule has 0 saturated heterocycles. The van der Waals surface area contributed by atoms with Crippen molar-refractivity contribution >= 4 is 28.2 Å². The Hall–Kier alpha value is -1.60. The van der Waals surface area contributed by atoms with E-state index in [4.69, 9.17) is 10.5 Å². The summed E-state index contributed by atoms with van der Waals surface area (Å²) in [7, 11) is 3.52.